The maximum Gasteiger partial charge on any atom is 0.203 e. The summed E-state index contributed by atoms with van der Waals surface area (Å²) in [6.07, 6.45) is 1.42. The highest BCUT2D eigenvalue weighted by Gasteiger charge is 2.22. The summed E-state index contributed by atoms with van der Waals surface area (Å²) in [5.41, 5.74) is 0. The van der Waals surface area contributed by atoms with Gasteiger partial charge in [-0.15, -0.1) is 0 Å². The van der Waals surface area contributed by atoms with Gasteiger partial charge in [0.1, 0.15) is 5.78 Å². The van der Waals surface area contributed by atoms with Crippen LogP contribution in [0.15, 0.2) is 12.1 Å². The first-order chi connectivity index (χ1) is 8.08. The van der Waals surface area contributed by atoms with Gasteiger partial charge < -0.3 is 4.74 Å². The van der Waals surface area contributed by atoms with Crippen LogP contribution in [0.3, 0.4) is 0 Å². The van der Waals surface area contributed by atoms with Crippen LogP contribution in [0.4, 0.5) is 13.2 Å². The highest BCUT2D eigenvalue weighted by atomic mass is 19.2. The third-order valence-corrected chi connectivity index (χ3v) is 2.78. The summed E-state index contributed by atoms with van der Waals surface area (Å²) in [5, 5.41) is 0. The molecule has 0 radical (unpaired) electrons. The predicted octanol–water partition coefficient (Wildman–Crippen LogP) is 2.99. The van der Waals surface area contributed by atoms with E-state index in [-0.39, 0.29) is 17.6 Å². The van der Waals surface area contributed by atoms with Gasteiger partial charge in [-0.2, -0.15) is 4.39 Å². The van der Waals surface area contributed by atoms with Crippen LogP contribution in [0.25, 0.3) is 0 Å². The second kappa shape index (κ2) is 4.77. The molecule has 0 unspecified atom stereocenters. The van der Waals surface area contributed by atoms with E-state index >= 15 is 0 Å². The number of ketones is 1. The van der Waals surface area contributed by atoms with Gasteiger partial charge in [-0.3, -0.25) is 4.79 Å². The Labute approximate surface area is 96.4 Å². The van der Waals surface area contributed by atoms with Crippen LogP contribution < -0.4 is 4.74 Å². The molecule has 1 aliphatic carbocycles. The molecule has 0 aliphatic heterocycles. The van der Waals surface area contributed by atoms with E-state index in [1.54, 1.807) is 0 Å². The van der Waals surface area contributed by atoms with Crippen molar-refractivity contribution in [1.82, 2.24) is 0 Å². The molecule has 1 fully saturated rings. The van der Waals surface area contributed by atoms with Crippen molar-refractivity contribution in [3.05, 3.63) is 29.6 Å². The molecule has 0 heterocycles. The summed E-state index contributed by atoms with van der Waals surface area (Å²) in [4.78, 5) is 11.0. The molecular weight excluding hydrogens is 233 g/mol. The molecule has 1 aromatic rings. The van der Waals surface area contributed by atoms with Gasteiger partial charge in [0.2, 0.25) is 5.82 Å². The largest absolute Gasteiger partial charge is 0.487 e. The Morgan fingerprint density at radius 1 is 1.06 bits per heavy atom. The summed E-state index contributed by atoms with van der Waals surface area (Å²) in [6.45, 7) is 0. The standard InChI is InChI=1S/C12H11F3O2/c13-9-5-6-10(12(15)11(9)14)17-8-3-1-7(16)2-4-8/h5-6,8H,1-4H2. The number of ether oxygens (including phenoxy) is 1. The van der Waals surface area contributed by atoms with Crippen LogP contribution in [0.1, 0.15) is 25.7 Å². The van der Waals surface area contributed by atoms with Gasteiger partial charge in [-0.25, -0.2) is 8.78 Å². The Morgan fingerprint density at radius 3 is 2.35 bits per heavy atom. The Kier molecular flexibility index (Phi) is 3.36. The second-order valence-corrected chi connectivity index (χ2v) is 4.03. The number of halogens is 3. The topological polar surface area (TPSA) is 26.3 Å². The number of hydrogen-bond acceptors (Lipinski definition) is 2. The molecule has 17 heavy (non-hydrogen) atoms. The Balaban J connectivity index is 2.09. The van der Waals surface area contributed by atoms with Crippen LogP contribution in [0, 0.1) is 17.5 Å². The molecule has 0 amide bonds. The fourth-order valence-corrected chi connectivity index (χ4v) is 1.81. The van der Waals surface area contributed by atoms with Crippen molar-refractivity contribution in [3.63, 3.8) is 0 Å². The van der Waals surface area contributed by atoms with Crippen molar-refractivity contribution >= 4 is 5.78 Å². The van der Waals surface area contributed by atoms with Gasteiger partial charge in [0.25, 0.3) is 0 Å². The van der Waals surface area contributed by atoms with E-state index < -0.39 is 17.5 Å². The van der Waals surface area contributed by atoms with E-state index in [1.165, 1.54) is 0 Å². The summed E-state index contributed by atoms with van der Waals surface area (Å²) in [6, 6.07) is 1.88. The third kappa shape index (κ3) is 2.60. The van der Waals surface area contributed by atoms with E-state index in [2.05, 4.69) is 0 Å². The number of carbonyl (C=O) groups excluding carboxylic acids is 1. The highest BCUT2D eigenvalue weighted by molar-refractivity contribution is 5.79. The van der Waals surface area contributed by atoms with E-state index in [1.807, 2.05) is 0 Å². The zero-order chi connectivity index (χ0) is 12.4. The van der Waals surface area contributed by atoms with Crippen LogP contribution in [0.2, 0.25) is 0 Å². The molecule has 1 saturated carbocycles. The fourth-order valence-electron chi connectivity index (χ4n) is 1.81. The summed E-state index contributed by atoms with van der Waals surface area (Å²) >= 11 is 0. The zero-order valence-corrected chi connectivity index (χ0v) is 9.01. The minimum Gasteiger partial charge on any atom is -0.487 e. The predicted molar refractivity (Wildman–Crippen MR) is 54.2 cm³/mol. The summed E-state index contributed by atoms with van der Waals surface area (Å²) in [7, 11) is 0. The molecule has 5 heteroatoms. The van der Waals surface area contributed by atoms with Crippen molar-refractivity contribution in [1.29, 1.82) is 0 Å². The lowest BCUT2D eigenvalue weighted by molar-refractivity contribution is -0.121. The van der Waals surface area contributed by atoms with Crippen LogP contribution >= 0.6 is 0 Å². The molecule has 92 valence electrons. The first kappa shape index (κ1) is 12.0. The Hall–Kier alpha value is -1.52. The van der Waals surface area contributed by atoms with Gasteiger partial charge in [-0.1, -0.05) is 0 Å². The van der Waals surface area contributed by atoms with Crippen LogP contribution in [-0.4, -0.2) is 11.9 Å². The number of benzene rings is 1. The molecule has 0 atom stereocenters. The average Bonchev–Trinajstić information content (AvgIpc) is 2.33. The number of rotatable bonds is 2. The lowest BCUT2D eigenvalue weighted by Crippen LogP contribution is -2.24. The van der Waals surface area contributed by atoms with Crippen molar-refractivity contribution in [2.24, 2.45) is 0 Å². The van der Waals surface area contributed by atoms with Gasteiger partial charge in [-0.05, 0) is 25.0 Å². The molecule has 0 N–H and O–H groups in total. The smallest absolute Gasteiger partial charge is 0.203 e. The van der Waals surface area contributed by atoms with E-state index in [0.29, 0.717) is 25.7 Å². The molecule has 0 spiro atoms. The number of Topliss-reactive ketones (excluding diaryl/α,β-unsaturated/α-hetero) is 1. The molecule has 1 aromatic carbocycles. The molecule has 0 aromatic heterocycles. The zero-order valence-electron chi connectivity index (χ0n) is 9.01. The van der Waals surface area contributed by atoms with Crippen molar-refractivity contribution < 1.29 is 22.7 Å². The average molecular weight is 244 g/mol. The summed E-state index contributed by atoms with van der Waals surface area (Å²) in [5.74, 6) is -4.25. The fraction of sp³-hybridized carbons (Fsp3) is 0.417. The maximum atomic E-state index is 13.3. The molecule has 1 aliphatic rings. The molecular formula is C12H11F3O2. The quantitative estimate of drug-likeness (QED) is 0.747. The summed E-state index contributed by atoms with van der Waals surface area (Å²) < 4.78 is 44.1. The second-order valence-electron chi connectivity index (χ2n) is 4.03. The normalized spacial score (nSPS) is 17.2. The van der Waals surface area contributed by atoms with Gasteiger partial charge >= 0.3 is 0 Å². The van der Waals surface area contributed by atoms with Gasteiger partial charge in [0.05, 0.1) is 6.10 Å². The van der Waals surface area contributed by atoms with Crippen molar-refractivity contribution in [2.45, 2.75) is 31.8 Å². The minimum atomic E-state index is -1.53. The van der Waals surface area contributed by atoms with Crippen LogP contribution in [0.5, 0.6) is 5.75 Å². The SMILES string of the molecule is O=C1CCC(Oc2ccc(F)c(F)c2F)CC1. The van der Waals surface area contributed by atoms with E-state index in [0.717, 1.165) is 12.1 Å². The van der Waals surface area contributed by atoms with Crippen LogP contribution in [-0.2, 0) is 4.79 Å². The highest BCUT2D eigenvalue weighted by Crippen LogP contribution is 2.26. The van der Waals surface area contributed by atoms with E-state index in [9.17, 15) is 18.0 Å². The first-order valence-corrected chi connectivity index (χ1v) is 5.40. The Bertz CT molecular complexity index is 436. The molecule has 0 saturated heterocycles. The van der Waals surface area contributed by atoms with E-state index in [4.69, 9.17) is 4.74 Å². The number of hydrogen-bond donors (Lipinski definition) is 0. The monoisotopic (exact) mass is 244 g/mol. The Morgan fingerprint density at radius 2 is 1.71 bits per heavy atom. The van der Waals surface area contributed by atoms with Gasteiger partial charge in [0, 0.05) is 12.8 Å². The molecule has 2 rings (SSSR count). The molecule has 2 nitrogen and oxygen atoms in total. The lowest BCUT2D eigenvalue weighted by Gasteiger charge is -2.22. The van der Waals surface area contributed by atoms with Crippen molar-refractivity contribution in [3.8, 4) is 5.75 Å². The lowest BCUT2D eigenvalue weighted by atomic mass is 9.96. The van der Waals surface area contributed by atoms with Crippen molar-refractivity contribution in [2.75, 3.05) is 0 Å². The molecule has 0 bridgehead atoms. The number of carbonyl (C=O) groups is 1. The van der Waals surface area contributed by atoms with Gasteiger partial charge in [0.15, 0.2) is 17.4 Å². The maximum absolute atomic E-state index is 13.3. The minimum absolute atomic E-state index is 0.149. The third-order valence-electron chi connectivity index (χ3n) is 2.78. The first-order valence-electron chi connectivity index (χ1n) is 5.40.